The van der Waals surface area contributed by atoms with E-state index in [-0.39, 0.29) is 87.9 Å². The Morgan fingerprint density at radius 3 is 0.971 bits per heavy atom. The van der Waals surface area contributed by atoms with E-state index in [9.17, 15) is 57.3 Å². The van der Waals surface area contributed by atoms with E-state index >= 15 is 0 Å². The summed E-state index contributed by atoms with van der Waals surface area (Å²) in [5.74, 6) is -6.21. The van der Waals surface area contributed by atoms with Gasteiger partial charge in [-0.25, -0.2) is 42.5 Å². The van der Waals surface area contributed by atoms with Crippen molar-refractivity contribution in [2.75, 3.05) is 100 Å². The summed E-state index contributed by atoms with van der Waals surface area (Å²) >= 11 is 21.8. The van der Waals surface area contributed by atoms with Crippen molar-refractivity contribution in [1.82, 2.24) is 45.6 Å². The van der Waals surface area contributed by atoms with Gasteiger partial charge in [-0.3, -0.25) is 44.1 Å². The number of nitrogens with zero attached hydrogens (tertiary/aromatic N) is 9. The van der Waals surface area contributed by atoms with Gasteiger partial charge in [0.2, 0.25) is 0 Å². The normalized spacial score (nSPS) is 23.3. The van der Waals surface area contributed by atoms with Crippen LogP contribution >= 0.6 is 68.8 Å². The lowest BCUT2D eigenvalue weighted by molar-refractivity contribution is -0.162. The summed E-state index contributed by atoms with van der Waals surface area (Å²) in [6, 6.07) is 9.20. The number of benzene rings is 3. The third-order valence-corrected chi connectivity index (χ3v) is 20.5. The number of hydrogen-bond donors (Lipinski definition) is 6. The van der Waals surface area contributed by atoms with Crippen LogP contribution in [-0.4, -0.2) is 215 Å². The predicted octanol–water partition coefficient (Wildman–Crippen LogP) is 7.89. The van der Waals surface area contributed by atoms with Crippen LogP contribution in [0.5, 0.6) is 0 Å². The number of carboxylic acids is 3. The molecule has 3 aromatic heterocycles. The molecule has 12 rings (SSSR count). The van der Waals surface area contributed by atoms with E-state index in [1.807, 2.05) is 0 Å². The predicted molar refractivity (Wildman–Crippen MR) is 370 cm³/mol. The molecule has 6 aromatic rings. The Bertz CT molecular complexity index is 3950. The van der Waals surface area contributed by atoms with E-state index in [0.717, 1.165) is 18.2 Å². The largest absolute Gasteiger partial charge is 0.480 e. The second kappa shape index (κ2) is 32.8. The number of carbonyl (C=O) groups excluding carboxylic acids is 3. The molecule has 0 amide bonds. The number of ether oxygens (including phenoxy) is 6. The summed E-state index contributed by atoms with van der Waals surface area (Å²) < 4.78 is 76.3. The summed E-state index contributed by atoms with van der Waals surface area (Å²) in [4.78, 5) is 107. The second-order valence-electron chi connectivity index (χ2n) is 23.8. The second-order valence-corrected chi connectivity index (χ2v) is 27.8. The van der Waals surface area contributed by atoms with Gasteiger partial charge in [-0.15, -0.1) is 34.0 Å². The van der Waals surface area contributed by atoms with Crippen LogP contribution in [0.4, 0.5) is 13.2 Å². The molecule has 0 aliphatic carbocycles. The monoisotopic (exact) mass is 1520 g/mol. The number of methoxy groups -OCH3 is 3. The first-order chi connectivity index (χ1) is 48.7. The molecular weight excluding hydrogens is 1460 g/mol. The molecule has 102 heavy (non-hydrogen) atoms. The third kappa shape index (κ3) is 16.4. The van der Waals surface area contributed by atoms with Crippen molar-refractivity contribution < 1.29 is 85.7 Å². The summed E-state index contributed by atoms with van der Waals surface area (Å²) in [6.07, 6.45) is 4.81. The summed E-state index contributed by atoms with van der Waals surface area (Å²) in [5, 5.41) is 46.5. The van der Waals surface area contributed by atoms with Gasteiger partial charge in [0.05, 0.1) is 77.7 Å². The zero-order chi connectivity index (χ0) is 73.4. The number of carbonyl (C=O) groups is 6. The fourth-order valence-electron chi connectivity index (χ4n) is 11.7. The van der Waals surface area contributed by atoms with Crippen LogP contribution in [-0.2, 0) is 57.2 Å². The minimum atomic E-state index is -1.33. The number of aliphatic carboxylic acids is 3. The number of morpholine rings is 3. The van der Waals surface area contributed by atoms with E-state index in [0.29, 0.717) is 89.1 Å². The van der Waals surface area contributed by atoms with Crippen molar-refractivity contribution >= 4 is 122 Å². The quantitative estimate of drug-likeness (QED) is 0.0352. The number of halogens is 6. The van der Waals surface area contributed by atoms with Crippen LogP contribution in [0.25, 0.3) is 0 Å². The Morgan fingerprint density at radius 1 is 0.490 bits per heavy atom. The smallest absolute Gasteiger partial charge is 0.338 e. The van der Waals surface area contributed by atoms with Gasteiger partial charge >= 0.3 is 35.8 Å². The Labute approximate surface area is 607 Å². The standard InChI is InChI=1S/3C22H22ClFN4O5S/c3*1-22(21(30)31)11-33-7-6-28(22)10-15-16(20(29)32-2)17(13-4-3-12(23)9-14(13)24)27-18(26-15)19-25-5-8-34-19/h3*3-5,8-9,17H,6-7,10-11H2,1-2H3,(H,26,27)(H,30,31)/t17-,22?;17-,22+;17-,22-/m000/s1. The van der Waals surface area contributed by atoms with Crippen molar-refractivity contribution in [3.05, 3.63) is 187 Å². The third-order valence-electron chi connectivity index (χ3n) is 17.5. The first-order valence-electron chi connectivity index (χ1n) is 30.9. The van der Waals surface area contributed by atoms with Crippen molar-refractivity contribution in [2.45, 2.75) is 55.5 Å². The maximum atomic E-state index is 15.0. The van der Waals surface area contributed by atoms with Crippen molar-refractivity contribution in [3.8, 4) is 0 Å². The summed E-state index contributed by atoms with van der Waals surface area (Å²) in [5.41, 5.74) is -2.35. The highest BCUT2D eigenvalue weighted by molar-refractivity contribution is 7.12. The lowest BCUT2D eigenvalue weighted by Crippen LogP contribution is -2.61. The molecular formula is C66H66Cl3F3N12O15S3. The maximum Gasteiger partial charge on any atom is 0.338 e. The highest BCUT2D eigenvalue weighted by Gasteiger charge is 2.48. The number of esters is 3. The SMILES string of the molecule is COC(=O)C1=C(CN2CCOCC2(C)C(=O)O)NC(c2nccs2)=N[C@H]1c1ccc(Cl)cc1F.COC(=O)C1=C(CN2CCOC[C@@]2(C)C(=O)O)NC(c2nccs2)=N[C@H]1c1ccc(Cl)cc1F.COC(=O)C1=C(CN2CCOC[C@]2(C)C(=O)O)NC(c2nccs2)=N[C@H]1c1ccc(Cl)cc1F. The number of amidine groups is 3. The molecule has 27 nitrogen and oxygen atoms in total. The van der Waals surface area contributed by atoms with Gasteiger partial charge in [-0.1, -0.05) is 53.0 Å². The molecule has 6 atom stereocenters. The van der Waals surface area contributed by atoms with Crippen LogP contribution in [0.3, 0.4) is 0 Å². The summed E-state index contributed by atoms with van der Waals surface area (Å²) in [6.45, 7) is 6.62. The minimum Gasteiger partial charge on any atom is -0.480 e. The molecule has 0 saturated carbocycles. The van der Waals surface area contributed by atoms with Crippen molar-refractivity contribution in [2.24, 2.45) is 15.0 Å². The molecule has 3 aromatic carbocycles. The Kier molecular flexibility index (Phi) is 24.5. The molecule has 6 aliphatic rings. The van der Waals surface area contributed by atoms with Gasteiger partial charge in [0.25, 0.3) is 0 Å². The maximum absolute atomic E-state index is 15.0. The molecule has 540 valence electrons. The fourth-order valence-corrected chi connectivity index (χ4v) is 13.9. The van der Waals surface area contributed by atoms with Crippen LogP contribution in [0.2, 0.25) is 15.1 Å². The average molecular weight is 1530 g/mol. The molecule has 0 radical (unpaired) electrons. The van der Waals surface area contributed by atoms with Crippen LogP contribution in [0.1, 0.15) is 70.6 Å². The van der Waals surface area contributed by atoms with Gasteiger partial charge in [0, 0.05) is 123 Å². The van der Waals surface area contributed by atoms with E-state index < -0.39 is 88.0 Å². The van der Waals surface area contributed by atoms with E-state index in [4.69, 9.17) is 63.2 Å². The summed E-state index contributed by atoms with van der Waals surface area (Å²) in [7, 11) is 3.66. The number of nitrogens with one attached hydrogen (secondary N) is 3. The zero-order valence-electron chi connectivity index (χ0n) is 55.1. The van der Waals surface area contributed by atoms with Crippen molar-refractivity contribution in [1.29, 1.82) is 0 Å². The van der Waals surface area contributed by atoms with Crippen molar-refractivity contribution in [3.63, 3.8) is 0 Å². The Balaban J connectivity index is 0.000000165. The molecule has 0 spiro atoms. The average Bonchev–Trinajstić information content (AvgIpc) is 1.12. The Morgan fingerprint density at radius 2 is 0.755 bits per heavy atom. The molecule has 0 bridgehead atoms. The minimum absolute atomic E-state index is 0.0220. The van der Waals surface area contributed by atoms with E-state index in [2.05, 4.69) is 45.9 Å². The number of hydrogen-bond acceptors (Lipinski definition) is 27. The number of rotatable bonds is 18. The first kappa shape index (κ1) is 76.1. The van der Waals surface area contributed by atoms with Gasteiger partial charge in [-0.2, -0.15) is 0 Å². The Hall–Kier alpha value is -8.58. The molecule has 3 saturated heterocycles. The van der Waals surface area contributed by atoms with E-state index in [1.54, 1.807) is 70.2 Å². The molecule has 6 N–H and O–H groups in total. The number of aliphatic imine (C=N–C) groups is 3. The molecule has 6 aliphatic heterocycles. The van der Waals surface area contributed by atoms with Gasteiger partial charge in [-0.05, 0) is 57.2 Å². The van der Waals surface area contributed by atoms with Crippen LogP contribution in [0, 0.1) is 17.5 Å². The van der Waals surface area contributed by atoms with Gasteiger partial charge in [0.15, 0.2) is 32.5 Å². The van der Waals surface area contributed by atoms with Crippen LogP contribution < -0.4 is 16.0 Å². The number of aromatic nitrogens is 3. The highest BCUT2D eigenvalue weighted by atomic mass is 35.5. The van der Waals surface area contributed by atoms with Gasteiger partial charge in [0.1, 0.15) is 52.2 Å². The topological polar surface area (TPSA) is 340 Å². The fraction of sp³-hybridized carbons (Fsp3) is 0.364. The van der Waals surface area contributed by atoms with Gasteiger partial charge < -0.3 is 59.7 Å². The lowest BCUT2D eigenvalue weighted by Gasteiger charge is -2.42. The molecule has 9 heterocycles. The molecule has 1 unspecified atom stereocenters. The lowest BCUT2D eigenvalue weighted by atomic mass is 9.93. The van der Waals surface area contributed by atoms with Crippen LogP contribution in [0.15, 0.2) is 138 Å². The number of carboxylic acid groups (broad SMARTS) is 3. The molecule has 36 heteroatoms. The molecule has 3 fully saturated rings. The number of thiazole rings is 3. The first-order valence-corrected chi connectivity index (χ1v) is 34.7. The van der Waals surface area contributed by atoms with E-state index in [1.165, 1.54) is 91.7 Å². The highest BCUT2D eigenvalue weighted by Crippen LogP contribution is 2.40. The zero-order valence-corrected chi connectivity index (χ0v) is 59.9.